The van der Waals surface area contributed by atoms with E-state index in [1.807, 2.05) is 12.1 Å². The zero-order valence-electron chi connectivity index (χ0n) is 11.1. The molecule has 0 saturated heterocycles. The van der Waals surface area contributed by atoms with E-state index in [1.54, 1.807) is 13.3 Å². The Morgan fingerprint density at radius 1 is 1.40 bits per heavy atom. The fourth-order valence-corrected chi connectivity index (χ4v) is 2.69. The number of halogens is 1. The number of fused-ring (bicyclic) bond motifs is 1. The molecule has 5 nitrogen and oxygen atoms in total. The lowest BCUT2D eigenvalue weighted by Crippen LogP contribution is -2.31. The van der Waals surface area contributed by atoms with Gasteiger partial charge >= 0.3 is 6.01 Å². The van der Waals surface area contributed by atoms with Gasteiger partial charge < -0.3 is 15.4 Å². The van der Waals surface area contributed by atoms with Crippen molar-refractivity contribution in [2.45, 2.75) is 13.0 Å². The predicted molar refractivity (Wildman–Crippen MR) is 79.2 cm³/mol. The normalized spacial score (nSPS) is 14.0. The highest BCUT2D eigenvalue weighted by molar-refractivity contribution is 6.32. The quantitative estimate of drug-likeness (QED) is 0.860. The number of ether oxygens (including phenoxy) is 1. The maximum Gasteiger partial charge on any atom is 0.318 e. The van der Waals surface area contributed by atoms with Gasteiger partial charge in [0.2, 0.25) is 0 Å². The lowest BCUT2D eigenvalue weighted by Gasteiger charge is -2.30. The summed E-state index contributed by atoms with van der Waals surface area (Å²) in [6, 6.07) is 6.32. The van der Waals surface area contributed by atoms with Crippen LogP contribution in [0.25, 0.3) is 0 Å². The summed E-state index contributed by atoms with van der Waals surface area (Å²) < 4.78 is 5.06. The molecule has 1 aliphatic heterocycles. The van der Waals surface area contributed by atoms with E-state index in [4.69, 9.17) is 22.1 Å². The van der Waals surface area contributed by atoms with Crippen LogP contribution in [-0.2, 0) is 13.0 Å². The molecule has 6 heteroatoms. The third-order valence-electron chi connectivity index (χ3n) is 3.49. The van der Waals surface area contributed by atoms with Crippen molar-refractivity contribution in [2.24, 2.45) is 0 Å². The highest BCUT2D eigenvalue weighted by Crippen LogP contribution is 2.31. The lowest BCUT2D eigenvalue weighted by molar-refractivity contribution is 0.379. The highest BCUT2D eigenvalue weighted by Gasteiger charge is 2.21. The third-order valence-corrected chi connectivity index (χ3v) is 3.75. The molecule has 2 heterocycles. The molecule has 1 aromatic carbocycles. The summed E-state index contributed by atoms with van der Waals surface area (Å²) in [7, 11) is 1.54. The Morgan fingerprint density at radius 2 is 2.25 bits per heavy atom. The van der Waals surface area contributed by atoms with Gasteiger partial charge in [0.05, 0.1) is 13.3 Å². The molecule has 0 saturated carbocycles. The summed E-state index contributed by atoms with van der Waals surface area (Å²) in [4.78, 5) is 10.5. The third kappa shape index (κ3) is 2.25. The van der Waals surface area contributed by atoms with Crippen molar-refractivity contribution in [3.05, 3.63) is 40.5 Å². The summed E-state index contributed by atoms with van der Waals surface area (Å²) in [6.07, 6.45) is 2.45. The summed E-state index contributed by atoms with van der Waals surface area (Å²) >= 11 is 6.20. The van der Waals surface area contributed by atoms with E-state index in [2.05, 4.69) is 20.9 Å². The fourth-order valence-electron chi connectivity index (χ4n) is 2.48. The molecule has 2 N–H and O–H groups in total. The summed E-state index contributed by atoms with van der Waals surface area (Å²) in [5, 5.41) is 0.526. The number of nitrogens with two attached hydrogens (primary N) is 1. The molecule has 0 amide bonds. The molecule has 1 aromatic heterocycles. The smallest absolute Gasteiger partial charge is 0.318 e. The molecule has 0 unspecified atom stereocenters. The largest absolute Gasteiger partial charge is 0.467 e. The van der Waals surface area contributed by atoms with Crippen molar-refractivity contribution in [3.63, 3.8) is 0 Å². The van der Waals surface area contributed by atoms with Gasteiger partial charge in [-0.05, 0) is 23.6 Å². The second-order valence-corrected chi connectivity index (χ2v) is 5.09. The van der Waals surface area contributed by atoms with Crippen LogP contribution in [0.4, 0.5) is 11.5 Å². The Labute approximate surface area is 122 Å². The van der Waals surface area contributed by atoms with Gasteiger partial charge in [-0.25, -0.2) is 4.98 Å². The van der Waals surface area contributed by atoms with Gasteiger partial charge in [0.1, 0.15) is 5.02 Å². The molecule has 104 valence electrons. The number of nitrogens with zero attached hydrogens (tertiary/aromatic N) is 3. The van der Waals surface area contributed by atoms with E-state index in [0.717, 1.165) is 25.2 Å². The Morgan fingerprint density at radius 3 is 3.05 bits per heavy atom. The average Bonchev–Trinajstić information content (AvgIpc) is 2.48. The van der Waals surface area contributed by atoms with E-state index in [9.17, 15) is 0 Å². The van der Waals surface area contributed by atoms with Crippen LogP contribution in [0.1, 0.15) is 11.1 Å². The standard InChI is InChI=1S/C14H15ClN4O/c1-20-14-17-7-11(15)13(18-14)19-6-5-10-9(8-19)3-2-4-12(10)16/h2-4,7H,5-6,8,16H2,1H3. The zero-order valence-corrected chi connectivity index (χ0v) is 11.9. The van der Waals surface area contributed by atoms with Crippen LogP contribution in [-0.4, -0.2) is 23.6 Å². The van der Waals surface area contributed by atoms with Gasteiger partial charge in [-0.2, -0.15) is 4.98 Å². The Bertz CT molecular complexity index is 647. The summed E-state index contributed by atoms with van der Waals surface area (Å²) in [5.41, 5.74) is 9.30. The molecule has 1 aliphatic rings. The van der Waals surface area contributed by atoms with Crippen molar-refractivity contribution >= 4 is 23.1 Å². The van der Waals surface area contributed by atoms with E-state index < -0.39 is 0 Å². The topological polar surface area (TPSA) is 64.3 Å². The second kappa shape index (κ2) is 5.17. The minimum atomic E-state index is 0.322. The molecular formula is C14H15ClN4O. The Balaban J connectivity index is 1.94. The first-order valence-electron chi connectivity index (χ1n) is 6.36. The van der Waals surface area contributed by atoms with Crippen molar-refractivity contribution < 1.29 is 4.74 Å². The first kappa shape index (κ1) is 13.0. The first-order chi connectivity index (χ1) is 9.69. The average molecular weight is 291 g/mol. The first-order valence-corrected chi connectivity index (χ1v) is 6.74. The lowest BCUT2D eigenvalue weighted by atomic mass is 9.98. The van der Waals surface area contributed by atoms with Gasteiger partial charge in [0, 0.05) is 18.8 Å². The van der Waals surface area contributed by atoms with Crippen LogP contribution in [0.15, 0.2) is 24.4 Å². The minimum Gasteiger partial charge on any atom is -0.467 e. The van der Waals surface area contributed by atoms with Crippen molar-refractivity contribution in [3.8, 4) is 6.01 Å². The number of methoxy groups -OCH3 is 1. The van der Waals surface area contributed by atoms with Gasteiger partial charge in [-0.1, -0.05) is 23.7 Å². The van der Waals surface area contributed by atoms with Crippen LogP contribution in [0.2, 0.25) is 5.02 Å². The van der Waals surface area contributed by atoms with Crippen LogP contribution >= 0.6 is 11.6 Å². The van der Waals surface area contributed by atoms with Crippen LogP contribution in [0.3, 0.4) is 0 Å². The Hall–Kier alpha value is -2.01. The second-order valence-electron chi connectivity index (χ2n) is 4.68. The molecule has 3 rings (SSSR count). The monoisotopic (exact) mass is 290 g/mol. The SMILES string of the molecule is COc1ncc(Cl)c(N2CCc3c(N)cccc3C2)n1. The number of rotatable bonds is 2. The number of hydrogen-bond donors (Lipinski definition) is 1. The maximum atomic E-state index is 6.20. The Kier molecular flexibility index (Phi) is 3.36. The van der Waals surface area contributed by atoms with Crippen molar-refractivity contribution in [2.75, 3.05) is 24.3 Å². The fraction of sp³-hybridized carbons (Fsp3) is 0.286. The number of aromatic nitrogens is 2. The summed E-state index contributed by atoms with van der Waals surface area (Å²) in [6.45, 7) is 1.56. The summed E-state index contributed by atoms with van der Waals surface area (Å²) in [5.74, 6) is 0.701. The zero-order chi connectivity index (χ0) is 14.1. The highest BCUT2D eigenvalue weighted by atomic mass is 35.5. The number of benzene rings is 1. The predicted octanol–water partition coefficient (Wildman–Crippen LogP) is 2.28. The number of nitrogen functional groups attached to an aromatic ring is 1. The molecule has 0 atom stereocenters. The van der Waals surface area contributed by atoms with E-state index >= 15 is 0 Å². The van der Waals surface area contributed by atoms with Gasteiger partial charge in [-0.3, -0.25) is 0 Å². The molecule has 0 bridgehead atoms. The molecule has 20 heavy (non-hydrogen) atoms. The van der Waals surface area contributed by atoms with Crippen LogP contribution < -0.4 is 15.4 Å². The molecule has 0 aliphatic carbocycles. The minimum absolute atomic E-state index is 0.322. The molecule has 0 fully saturated rings. The van der Waals surface area contributed by atoms with Gasteiger partial charge in [0.25, 0.3) is 0 Å². The van der Waals surface area contributed by atoms with Gasteiger partial charge in [0.15, 0.2) is 5.82 Å². The van der Waals surface area contributed by atoms with Gasteiger partial charge in [-0.15, -0.1) is 0 Å². The van der Waals surface area contributed by atoms with Crippen LogP contribution in [0, 0.1) is 0 Å². The van der Waals surface area contributed by atoms with E-state index in [-0.39, 0.29) is 0 Å². The molecule has 0 spiro atoms. The van der Waals surface area contributed by atoms with Crippen molar-refractivity contribution in [1.82, 2.24) is 9.97 Å². The number of anilines is 2. The van der Waals surface area contributed by atoms with Crippen molar-refractivity contribution in [1.29, 1.82) is 0 Å². The molecule has 2 aromatic rings. The maximum absolute atomic E-state index is 6.20. The number of hydrogen-bond acceptors (Lipinski definition) is 5. The van der Waals surface area contributed by atoms with E-state index in [1.165, 1.54) is 11.1 Å². The molecule has 0 radical (unpaired) electrons. The van der Waals surface area contributed by atoms with E-state index in [0.29, 0.717) is 16.9 Å². The van der Waals surface area contributed by atoms with Crippen LogP contribution in [0.5, 0.6) is 6.01 Å². The molecular weight excluding hydrogens is 276 g/mol.